The highest BCUT2D eigenvalue weighted by atomic mass is 79.9. The Labute approximate surface area is 149 Å². The van der Waals surface area contributed by atoms with Gasteiger partial charge in [-0.05, 0) is 40.2 Å². The molecule has 0 atom stereocenters. The Balaban J connectivity index is 2.02. The van der Waals surface area contributed by atoms with Crippen LogP contribution in [0.4, 0.5) is 0 Å². The number of fused-ring (bicyclic) bond motifs is 1. The number of aromatic amines is 1. The van der Waals surface area contributed by atoms with E-state index in [1.165, 1.54) is 6.08 Å². The fraction of sp³-hybridized carbons (Fsp3) is 0.0588. The summed E-state index contributed by atoms with van der Waals surface area (Å²) >= 11 is 6.88. The van der Waals surface area contributed by atoms with Crippen LogP contribution >= 0.6 is 31.9 Å². The fourth-order valence-electron chi connectivity index (χ4n) is 2.16. The molecule has 0 saturated heterocycles. The number of hydrogen-bond acceptors (Lipinski definition) is 3. The zero-order chi connectivity index (χ0) is 16.4. The fourth-order valence-corrected chi connectivity index (χ4v) is 2.97. The lowest BCUT2D eigenvalue weighted by Gasteiger charge is -2.02. The standard InChI is InChI=1S/C17H12Br2N2O2/c1-2-7-23-17(22)11-8-13(19)15-14(9-11)20-16(21-15)10-3-5-12(18)6-4-10/h2-6,8-9H,1,7H2,(H,20,21). The second-order valence-electron chi connectivity index (χ2n) is 4.83. The third-order valence-corrected chi connectivity index (χ3v) is 4.36. The van der Waals surface area contributed by atoms with Gasteiger partial charge in [0.25, 0.3) is 0 Å². The molecule has 3 aromatic rings. The van der Waals surface area contributed by atoms with Gasteiger partial charge in [0.1, 0.15) is 17.9 Å². The Morgan fingerprint density at radius 3 is 2.70 bits per heavy atom. The number of esters is 1. The van der Waals surface area contributed by atoms with E-state index in [1.807, 2.05) is 24.3 Å². The molecule has 3 rings (SSSR count). The van der Waals surface area contributed by atoms with Gasteiger partial charge in [0.15, 0.2) is 0 Å². The number of hydrogen-bond donors (Lipinski definition) is 1. The molecule has 0 spiro atoms. The van der Waals surface area contributed by atoms with Gasteiger partial charge in [-0.1, -0.05) is 40.7 Å². The summed E-state index contributed by atoms with van der Waals surface area (Å²) in [6, 6.07) is 11.3. The molecule has 116 valence electrons. The maximum absolute atomic E-state index is 12.0. The lowest BCUT2D eigenvalue weighted by molar-refractivity contribution is 0.0550. The number of benzene rings is 2. The maximum atomic E-state index is 12.0. The largest absolute Gasteiger partial charge is 0.458 e. The van der Waals surface area contributed by atoms with Crippen molar-refractivity contribution < 1.29 is 9.53 Å². The summed E-state index contributed by atoms with van der Waals surface area (Å²) in [5.41, 5.74) is 2.95. The number of H-pyrrole nitrogens is 1. The molecule has 0 unspecified atom stereocenters. The predicted molar refractivity (Wildman–Crippen MR) is 97.4 cm³/mol. The predicted octanol–water partition coefficient (Wildman–Crippen LogP) is 5.10. The van der Waals surface area contributed by atoms with Gasteiger partial charge in [0.05, 0.1) is 11.1 Å². The third-order valence-electron chi connectivity index (χ3n) is 3.23. The summed E-state index contributed by atoms with van der Waals surface area (Å²) in [4.78, 5) is 19.8. The van der Waals surface area contributed by atoms with Crippen molar-refractivity contribution in [2.24, 2.45) is 0 Å². The SMILES string of the molecule is C=CCOC(=O)c1cc(Br)c2nc(-c3ccc(Br)cc3)[nH]c2c1. The second-order valence-corrected chi connectivity index (χ2v) is 6.60. The van der Waals surface area contributed by atoms with Gasteiger partial charge in [0.2, 0.25) is 0 Å². The zero-order valence-corrected chi connectivity index (χ0v) is 15.1. The quantitative estimate of drug-likeness (QED) is 0.458. The van der Waals surface area contributed by atoms with Crippen molar-refractivity contribution in [1.82, 2.24) is 9.97 Å². The Kier molecular flexibility index (Phi) is 4.63. The first kappa shape index (κ1) is 16.0. The molecule has 2 aromatic carbocycles. The molecule has 1 aromatic heterocycles. The van der Waals surface area contributed by atoms with E-state index in [4.69, 9.17) is 4.74 Å². The van der Waals surface area contributed by atoms with Crippen LogP contribution in [0.2, 0.25) is 0 Å². The average molecular weight is 436 g/mol. The number of carbonyl (C=O) groups excluding carboxylic acids is 1. The number of rotatable bonds is 4. The van der Waals surface area contributed by atoms with Crippen LogP contribution in [0.15, 0.2) is 58.0 Å². The van der Waals surface area contributed by atoms with E-state index < -0.39 is 5.97 Å². The van der Waals surface area contributed by atoms with Gasteiger partial charge in [-0.15, -0.1) is 0 Å². The number of nitrogens with zero attached hydrogens (tertiary/aromatic N) is 1. The third kappa shape index (κ3) is 3.38. The van der Waals surface area contributed by atoms with Crippen LogP contribution in [0.25, 0.3) is 22.4 Å². The summed E-state index contributed by atoms with van der Waals surface area (Å²) in [5, 5.41) is 0. The zero-order valence-electron chi connectivity index (χ0n) is 12.0. The molecular formula is C17H12Br2N2O2. The van der Waals surface area contributed by atoms with Crippen molar-refractivity contribution in [3.63, 3.8) is 0 Å². The second kappa shape index (κ2) is 6.68. The Morgan fingerprint density at radius 2 is 2.00 bits per heavy atom. The summed E-state index contributed by atoms with van der Waals surface area (Å²) in [6.07, 6.45) is 1.54. The first-order chi connectivity index (χ1) is 11.1. The van der Waals surface area contributed by atoms with Gasteiger partial charge in [0, 0.05) is 14.5 Å². The minimum Gasteiger partial charge on any atom is -0.458 e. The highest BCUT2D eigenvalue weighted by Gasteiger charge is 2.14. The molecule has 1 heterocycles. The van der Waals surface area contributed by atoms with Crippen molar-refractivity contribution in [2.45, 2.75) is 0 Å². The molecule has 1 N–H and O–H groups in total. The van der Waals surface area contributed by atoms with Gasteiger partial charge in [-0.3, -0.25) is 0 Å². The number of halogens is 2. The van der Waals surface area contributed by atoms with Crippen molar-refractivity contribution in [2.75, 3.05) is 6.61 Å². The number of nitrogens with one attached hydrogen (secondary N) is 1. The monoisotopic (exact) mass is 434 g/mol. The summed E-state index contributed by atoms with van der Waals surface area (Å²) in [7, 11) is 0. The number of aromatic nitrogens is 2. The highest BCUT2D eigenvalue weighted by molar-refractivity contribution is 9.11. The topological polar surface area (TPSA) is 55.0 Å². The highest BCUT2D eigenvalue weighted by Crippen LogP contribution is 2.28. The lowest BCUT2D eigenvalue weighted by Crippen LogP contribution is -2.05. The minimum atomic E-state index is -0.396. The average Bonchev–Trinajstić information content (AvgIpc) is 2.98. The van der Waals surface area contributed by atoms with E-state index in [2.05, 4.69) is 48.4 Å². The Hall–Kier alpha value is -1.92. The van der Waals surface area contributed by atoms with E-state index >= 15 is 0 Å². The van der Waals surface area contributed by atoms with Crippen molar-refractivity contribution in [3.05, 3.63) is 63.6 Å². The van der Waals surface area contributed by atoms with Crippen LogP contribution in [0.1, 0.15) is 10.4 Å². The molecule has 6 heteroatoms. The lowest BCUT2D eigenvalue weighted by atomic mass is 10.2. The Morgan fingerprint density at radius 1 is 1.26 bits per heavy atom. The van der Waals surface area contributed by atoms with Crippen LogP contribution in [0.3, 0.4) is 0 Å². The van der Waals surface area contributed by atoms with Crippen LogP contribution in [-0.4, -0.2) is 22.5 Å². The summed E-state index contributed by atoms with van der Waals surface area (Å²) < 4.78 is 6.81. The first-order valence-electron chi connectivity index (χ1n) is 6.81. The molecule has 0 aliphatic carbocycles. The van der Waals surface area contributed by atoms with E-state index in [-0.39, 0.29) is 6.61 Å². The minimum absolute atomic E-state index is 0.182. The number of carbonyl (C=O) groups is 1. The van der Waals surface area contributed by atoms with Crippen molar-refractivity contribution in [1.29, 1.82) is 0 Å². The molecule has 0 fully saturated rings. The molecule has 0 bridgehead atoms. The molecule has 23 heavy (non-hydrogen) atoms. The van der Waals surface area contributed by atoms with Crippen LogP contribution in [-0.2, 0) is 4.74 Å². The molecule has 0 amide bonds. The van der Waals surface area contributed by atoms with E-state index in [1.54, 1.807) is 12.1 Å². The molecule has 0 aliphatic rings. The van der Waals surface area contributed by atoms with Gasteiger partial charge in [-0.25, -0.2) is 9.78 Å². The molecule has 4 nitrogen and oxygen atoms in total. The van der Waals surface area contributed by atoms with E-state index in [0.29, 0.717) is 5.56 Å². The van der Waals surface area contributed by atoms with Crippen LogP contribution in [0, 0.1) is 0 Å². The van der Waals surface area contributed by atoms with Gasteiger partial charge >= 0.3 is 5.97 Å². The van der Waals surface area contributed by atoms with Crippen LogP contribution < -0.4 is 0 Å². The van der Waals surface area contributed by atoms with Gasteiger partial charge in [-0.2, -0.15) is 0 Å². The number of ether oxygens (including phenoxy) is 1. The molecule has 0 radical (unpaired) electrons. The summed E-state index contributed by atoms with van der Waals surface area (Å²) in [5.74, 6) is 0.345. The van der Waals surface area contributed by atoms with E-state index in [0.717, 1.165) is 31.4 Å². The first-order valence-corrected chi connectivity index (χ1v) is 8.40. The van der Waals surface area contributed by atoms with Crippen molar-refractivity contribution in [3.8, 4) is 11.4 Å². The van der Waals surface area contributed by atoms with Gasteiger partial charge < -0.3 is 9.72 Å². The maximum Gasteiger partial charge on any atom is 0.338 e. The normalized spacial score (nSPS) is 10.7. The van der Waals surface area contributed by atoms with E-state index in [9.17, 15) is 4.79 Å². The smallest absolute Gasteiger partial charge is 0.338 e. The summed E-state index contributed by atoms with van der Waals surface area (Å²) in [6.45, 7) is 3.71. The molecular weight excluding hydrogens is 424 g/mol. The Bertz CT molecular complexity index is 885. The van der Waals surface area contributed by atoms with Crippen molar-refractivity contribution >= 4 is 48.9 Å². The number of imidazole rings is 1. The molecule has 0 saturated carbocycles. The van der Waals surface area contributed by atoms with Crippen LogP contribution in [0.5, 0.6) is 0 Å². The molecule has 0 aliphatic heterocycles.